The van der Waals surface area contributed by atoms with Gasteiger partial charge in [0.05, 0.1) is 18.7 Å². The minimum Gasteiger partial charge on any atom is -0.354 e. The number of hydrogen-bond donors (Lipinski definition) is 2. The fourth-order valence-corrected chi connectivity index (χ4v) is 2.10. The lowest BCUT2D eigenvalue weighted by molar-refractivity contribution is -0.121. The summed E-state index contributed by atoms with van der Waals surface area (Å²) in [7, 11) is 0. The zero-order valence-corrected chi connectivity index (χ0v) is 11.5. The van der Waals surface area contributed by atoms with Gasteiger partial charge in [-0.15, -0.1) is 0 Å². The van der Waals surface area contributed by atoms with Gasteiger partial charge in [-0.05, 0) is 24.6 Å². The molecule has 0 saturated carbocycles. The summed E-state index contributed by atoms with van der Waals surface area (Å²) in [5.41, 5.74) is 5.89. The fraction of sp³-hybridized carbons (Fsp3) is 0.333. The van der Waals surface area contributed by atoms with Gasteiger partial charge < -0.3 is 16.0 Å². The maximum atomic E-state index is 13.4. The predicted octanol–water partition coefficient (Wildman–Crippen LogP) is 0.0980. The lowest BCUT2D eigenvalue weighted by Gasteiger charge is -2.19. The van der Waals surface area contributed by atoms with Crippen molar-refractivity contribution >= 4 is 11.8 Å². The quantitative estimate of drug-likeness (QED) is 0.720. The monoisotopic (exact) mass is 289 g/mol. The molecule has 5 nitrogen and oxygen atoms in total. The first-order valence-electron chi connectivity index (χ1n) is 6.66. The van der Waals surface area contributed by atoms with E-state index < -0.39 is 11.7 Å². The zero-order chi connectivity index (χ0) is 15.2. The average Bonchev–Trinajstić information content (AvgIpc) is 2.70. The fourth-order valence-electron chi connectivity index (χ4n) is 2.10. The van der Waals surface area contributed by atoms with Gasteiger partial charge in [-0.25, -0.2) is 4.39 Å². The van der Waals surface area contributed by atoms with Crippen molar-refractivity contribution in [3.8, 4) is 11.8 Å². The van der Waals surface area contributed by atoms with Crippen LogP contribution in [0.3, 0.4) is 0 Å². The molecule has 2 amide bonds. The van der Waals surface area contributed by atoms with E-state index in [2.05, 4.69) is 17.2 Å². The number of carbonyl (C=O) groups excluding carboxylic acids is 2. The number of amides is 2. The van der Waals surface area contributed by atoms with Crippen molar-refractivity contribution in [1.29, 1.82) is 0 Å². The van der Waals surface area contributed by atoms with Crippen LogP contribution in [0, 0.1) is 17.7 Å². The summed E-state index contributed by atoms with van der Waals surface area (Å²) in [4.78, 5) is 25.5. The van der Waals surface area contributed by atoms with Crippen molar-refractivity contribution in [3.05, 3.63) is 35.1 Å². The molecule has 1 aromatic carbocycles. The molecule has 1 saturated heterocycles. The molecule has 1 aromatic rings. The third kappa shape index (κ3) is 3.80. The Morgan fingerprint density at radius 3 is 3.05 bits per heavy atom. The molecule has 0 spiro atoms. The molecule has 0 bridgehead atoms. The Morgan fingerprint density at radius 1 is 1.48 bits per heavy atom. The van der Waals surface area contributed by atoms with Gasteiger partial charge in [0.25, 0.3) is 5.91 Å². The Kier molecular flexibility index (Phi) is 4.90. The molecule has 3 N–H and O–H groups in total. The zero-order valence-electron chi connectivity index (χ0n) is 11.5. The largest absolute Gasteiger partial charge is 0.354 e. The van der Waals surface area contributed by atoms with E-state index in [-0.39, 0.29) is 24.6 Å². The van der Waals surface area contributed by atoms with Gasteiger partial charge in [0.2, 0.25) is 5.91 Å². The predicted molar refractivity (Wildman–Crippen MR) is 75.9 cm³/mol. The van der Waals surface area contributed by atoms with E-state index >= 15 is 0 Å². The Morgan fingerprint density at radius 2 is 2.29 bits per heavy atom. The van der Waals surface area contributed by atoms with Gasteiger partial charge in [0.15, 0.2) is 0 Å². The first-order chi connectivity index (χ1) is 10.1. The normalized spacial score (nSPS) is 14.8. The second-order valence-corrected chi connectivity index (χ2v) is 4.63. The molecule has 0 aliphatic carbocycles. The number of benzene rings is 1. The summed E-state index contributed by atoms with van der Waals surface area (Å²) in [6.07, 6.45) is 0.663. The molecular formula is C15H16FN3O2. The number of nitrogens with two attached hydrogens (primary N) is 1. The number of hydrogen-bond acceptors (Lipinski definition) is 3. The van der Waals surface area contributed by atoms with E-state index in [1.54, 1.807) is 0 Å². The minimum atomic E-state index is -0.518. The average molecular weight is 289 g/mol. The van der Waals surface area contributed by atoms with Gasteiger partial charge in [0, 0.05) is 18.7 Å². The lowest BCUT2D eigenvalue weighted by atomic mass is 10.1. The third-order valence-electron chi connectivity index (χ3n) is 3.09. The standard InChI is InChI=1S/C15H16FN3O2/c16-12-5-4-11(3-1-6-17)13(9-12)15(21)19-8-2-7-18-14(20)10-19/h4-5,9H,2,6-8,10,17H2,(H,18,20). The first kappa shape index (κ1) is 15.0. The van der Waals surface area contributed by atoms with Gasteiger partial charge in [0.1, 0.15) is 5.82 Å². The molecule has 1 fully saturated rings. The molecule has 1 heterocycles. The van der Waals surface area contributed by atoms with Crippen LogP contribution in [0.25, 0.3) is 0 Å². The molecule has 2 rings (SSSR count). The van der Waals surface area contributed by atoms with E-state index in [9.17, 15) is 14.0 Å². The van der Waals surface area contributed by atoms with Crippen LogP contribution in [0.4, 0.5) is 4.39 Å². The Balaban J connectivity index is 2.32. The lowest BCUT2D eigenvalue weighted by Crippen LogP contribution is -2.37. The summed E-state index contributed by atoms with van der Waals surface area (Å²) in [5, 5.41) is 2.69. The first-order valence-corrected chi connectivity index (χ1v) is 6.66. The number of rotatable bonds is 1. The molecule has 1 aliphatic rings. The molecule has 21 heavy (non-hydrogen) atoms. The van der Waals surface area contributed by atoms with Gasteiger partial charge >= 0.3 is 0 Å². The van der Waals surface area contributed by atoms with Crippen molar-refractivity contribution in [2.45, 2.75) is 6.42 Å². The highest BCUT2D eigenvalue weighted by atomic mass is 19.1. The van der Waals surface area contributed by atoms with Crippen LogP contribution in [-0.2, 0) is 4.79 Å². The Bertz CT molecular complexity index is 619. The minimum absolute atomic E-state index is 0.0287. The van der Waals surface area contributed by atoms with Crippen molar-refractivity contribution in [2.24, 2.45) is 5.73 Å². The van der Waals surface area contributed by atoms with Crippen LogP contribution in [0.5, 0.6) is 0 Å². The summed E-state index contributed by atoms with van der Waals surface area (Å²) in [5.74, 6) is 4.28. The van der Waals surface area contributed by atoms with Gasteiger partial charge in [-0.2, -0.15) is 0 Å². The van der Waals surface area contributed by atoms with E-state index in [1.165, 1.54) is 17.0 Å². The smallest absolute Gasteiger partial charge is 0.255 e. The summed E-state index contributed by atoms with van der Waals surface area (Å²) < 4.78 is 13.4. The molecule has 6 heteroatoms. The molecule has 0 radical (unpaired) electrons. The topological polar surface area (TPSA) is 75.4 Å². The highest BCUT2D eigenvalue weighted by Crippen LogP contribution is 2.14. The van der Waals surface area contributed by atoms with Crippen molar-refractivity contribution in [1.82, 2.24) is 10.2 Å². The summed E-state index contributed by atoms with van der Waals surface area (Å²) in [6, 6.07) is 3.83. The highest BCUT2D eigenvalue weighted by Gasteiger charge is 2.23. The molecule has 0 aromatic heterocycles. The van der Waals surface area contributed by atoms with E-state index in [0.717, 1.165) is 6.07 Å². The Hall–Kier alpha value is -2.39. The molecule has 1 aliphatic heterocycles. The van der Waals surface area contributed by atoms with Crippen LogP contribution in [-0.4, -0.2) is 42.9 Å². The van der Waals surface area contributed by atoms with Crippen LogP contribution in [0.1, 0.15) is 22.3 Å². The molecular weight excluding hydrogens is 273 g/mol. The molecule has 0 unspecified atom stereocenters. The SMILES string of the molecule is NCC#Cc1ccc(F)cc1C(=O)N1CCCNC(=O)C1. The highest BCUT2D eigenvalue weighted by molar-refractivity contribution is 5.98. The van der Waals surface area contributed by atoms with Crippen LogP contribution in [0.2, 0.25) is 0 Å². The number of halogens is 1. The second kappa shape index (κ2) is 6.86. The van der Waals surface area contributed by atoms with Crippen molar-refractivity contribution in [3.63, 3.8) is 0 Å². The Labute approximate surface area is 122 Å². The van der Waals surface area contributed by atoms with Gasteiger partial charge in [-0.3, -0.25) is 9.59 Å². The van der Waals surface area contributed by atoms with Crippen LogP contribution < -0.4 is 11.1 Å². The number of nitrogens with zero attached hydrogens (tertiary/aromatic N) is 1. The molecule has 0 atom stereocenters. The van der Waals surface area contributed by atoms with Gasteiger partial charge in [-0.1, -0.05) is 11.8 Å². The maximum Gasteiger partial charge on any atom is 0.255 e. The maximum absolute atomic E-state index is 13.4. The molecule has 110 valence electrons. The second-order valence-electron chi connectivity index (χ2n) is 4.63. The number of carbonyl (C=O) groups is 2. The summed E-state index contributed by atoms with van der Waals surface area (Å²) in [6.45, 7) is 1.10. The van der Waals surface area contributed by atoms with Crippen molar-refractivity contribution in [2.75, 3.05) is 26.2 Å². The van der Waals surface area contributed by atoms with E-state index in [1.807, 2.05) is 0 Å². The third-order valence-corrected chi connectivity index (χ3v) is 3.09. The summed E-state index contributed by atoms with van der Waals surface area (Å²) >= 11 is 0. The van der Waals surface area contributed by atoms with E-state index in [0.29, 0.717) is 25.1 Å². The van der Waals surface area contributed by atoms with E-state index in [4.69, 9.17) is 5.73 Å². The number of nitrogens with one attached hydrogen (secondary N) is 1. The van der Waals surface area contributed by atoms with Crippen molar-refractivity contribution < 1.29 is 14.0 Å². The van der Waals surface area contributed by atoms with Crippen LogP contribution in [0.15, 0.2) is 18.2 Å². The van der Waals surface area contributed by atoms with Crippen LogP contribution >= 0.6 is 0 Å².